The summed E-state index contributed by atoms with van der Waals surface area (Å²) in [5, 5.41) is 29.1. The minimum absolute atomic E-state index is 0.0348. The van der Waals surface area contributed by atoms with Crippen LogP contribution in [0.2, 0.25) is 0 Å². The number of hydrogen-bond acceptors (Lipinski definition) is 12. The Morgan fingerprint density at radius 1 is 0.416 bits per heavy atom. The number of carboxylic acid groups (broad SMARTS) is 2. The fourth-order valence-electron chi connectivity index (χ4n) is 11.3. The highest BCUT2D eigenvalue weighted by Gasteiger charge is 2.39. The number of likely N-dealkylation sites (N-methyl/N-ethyl adjacent to an activating group) is 3. The molecule has 0 saturated carbocycles. The third-order valence-electron chi connectivity index (χ3n) is 15.9. The Morgan fingerprint density at radius 3 is 1.01 bits per heavy atom. The summed E-state index contributed by atoms with van der Waals surface area (Å²) >= 11 is 0. The number of carbonyl (C=O) groups is 6. The van der Waals surface area contributed by atoms with Gasteiger partial charge < -0.3 is 53.2 Å². The number of aromatic hydroxyl groups is 1. The summed E-state index contributed by atoms with van der Waals surface area (Å²) in [6.07, 6.45) is 5.77. The predicted molar refractivity (Wildman–Crippen MR) is 332 cm³/mol. The van der Waals surface area contributed by atoms with Crippen LogP contribution in [0.3, 0.4) is 0 Å². The molecule has 458 valence electrons. The van der Waals surface area contributed by atoms with Crippen LogP contribution >= 0.6 is 0 Å². The number of hydrogen-bond donors (Lipinski definition) is 3. The van der Waals surface area contributed by atoms with E-state index in [0.717, 1.165) is 34.0 Å². The molecule has 3 aromatic heterocycles. The fraction of sp³-hybridized carbons (Fsp3) is 0.261. The third kappa shape index (κ3) is 14.0. The van der Waals surface area contributed by atoms with Gasteiger partial charge in [-0.05, 0) is 74.8 Å². The van der Waals surface area contributed by atoms with Gasteiger partial charge in [0.15, 0.2) is 40.1 Å². The number of ether oxygens (including phenoxy) is 2. The number of nitrogens with zero attached hydrogens (tertiary/aromatic N) is 6. The molecule has 11 rings (SSSR count). The molecule has 0 radical (unpaired) electrons. The predicted octanol–water partition coefficient (Wildman–Crippen LogP) is 8.79. The van der Waals surface area contributed by atoms with Gasteiger partial charge in [0.2, 0.25) is 16.3 Å². The average Bonchev–Trinajstić information content (AvgIpc) is 0.826. The molecule has 0 fully saturated rings. The van der Waals surface area contributed by atoms with Gasteiger partial charge in [0.25, 0.3) is 17.7 Å². The summed E-state index contributed by atoms with van der Waals surface area (Å²) in [5.41, 5.74) is 1.74. The van der Waals surface area contributed by atoms with Crippen molar-refractivity contribution in [3.8, 4) is 17.2 Å². The summed E-state index contributed by atoms with van der Waals surface area (Å²) in [6.45, 7) is 9.85. The average molecular weight is 1210 g/mol. The molecule has 3 N–H and O–H groups in total. The Morgan fingerprint density at radius 2 is 0.697 bits per heavy atom. The second-order valence-electron chi connectivity index (χ2n) is 21.7. The Labute approximate surface area is 512 Å². The number of fused-ring (bicyclic) bond motifs is 3. The molecule has 0 saturated heterocycles. The fourth-order valence-corrected chi connectivity index (χ4v) is 11.3. The topological polar surface area (TPSA) is 257 Å². The zero-order chi connectivity index (χ0) is 63.5. The first-order valence-electron chi connectivity index (χ1n) is 29.3. The standard InChI is InChI=1S/C26H26N2O4.C25H24N2O5.C18H18N2O5/c1-3-27-15-21(14-19-10-6-4-7-11-19)28-16-22(18(2)29)24(30)25(23(28)26(27)31)32-17-20-12-8-5-9-13-20;1-2-26-14-19(13-17-9-5-3-6-10-17)27-15-20(25(30)31)22(28)23(21(27)24(26)29)32-16-18-11-7-4-8-12-18;1-2-19-9-12(8-11-6-4-3-5-7-11)20-10-13(18(24)25)15(21)16(22)14(20)17(19)23/h4-13,16,21H,3,14-15,17H2,1-2H3;3-12,15,19H,2,13-14,16H2,1H3,(H,30,31);3-7,10,12,22H,2,8-9H2,1H3,(H,24,25). The minimum atomic E-state index is -1.43. The number of carbonyl (C=O) groups excluding carboxylic acids is 4. The molecule has 3 amide bonds. The summed E-state index contributed by atoms with van der Waals surface area (Å²) in [6, 6.07) is 47.3. The van der Waals surface area contributed by atoms with E-state index >= 15 is 0 Å². The summed E-state index contributed by atoms with van der Waals surface area (Å²) < 4.78 is 16.6. The van der Waals surface area contributed by atoms with E-state index in [9.17, 15) is 58.5 Å². The van der Waals surface area contributed by atoms with Crippen LogP contribution in [0.1, 0.15) is 136 Å². The summed E-state index contributed by atoms with van der Waals surface area (Å²) in [5.74, 6) is -5.27. The number of pyridine rings is 3. The Hall–Kier alpha value is -10.6. The molecule has 6 heterocycles. The molecule has 8 aromatic rings. The van der Waals surface area contributed by atoms with Gasteiger partial charge >= 0.3 is 11.9 Å². The van der Waals surface area contributed by atoms with E-state index in [2.05, 4.69) is 0 Å². The van der Waals surface area contributed by atoms with Gasteiger partial charge in [-0.15, -0.1) is 0 Å². The lowest BCUT2D eigenvalue weighted by molar-refractivity contribution is 0.0649. The van der Waals surface area contributed by atoms with Gasteiger partial charge in [0.05, 0.1) is 23.7 Å². The van der Waals surface area contributed by atoms with Crippen LogP contribution < -0.4 is 25.8 Å². The summed E-state index contributed by atoms with van der Waals surface area (Å²) in [7, 11) is 0. The monoisotopic (exact) mass is 1200 g/mol. The first-order valence-corrected chi connectivity index (χ1v) is 29.3. The molecule has 20 nitrogen and oxygen atoms in total. The normalized spacial score (nSPS) is 15.7. The molecule has 3 aliphatic heterocycles. The van der Waals surface area contributed by atoms with Crippen LogP contribution in [0.4, 0.5) is 0 Å². The quantitative estimate of drug-likeness (QED) is 0.0679. The highest BCUT2D eigenvalue weighted by Crippen LogP contribution is 2.33. The van der Waals surface area contributed by atoms with E-state index in [-0.39, 0.29) is 83.1 Å². The van der Waals surface area contributed by atoms with E-state index in [1.807, 2.05) is 172 Å². The number of benzene rings is 5. The lowest BCUT2D eigenvalue weighted by Gasteiger charge is -2.36. The Bertz CT molecular complexity index is 3910. The number of amides is 3. The van der Waals surface area contributed by atoms with Crippen molar-refractivity contribution in [1.82, 2.24) is 28.4 Å². The summed E-state index contributed by atoms with van der Waals surface area (Å²) in [4.78, 5) is 118. The van der Waals surface area contributed by atoms with Crippen LogP contribution in [0, 0.1) is 0 Å². The molecule has 0 bridgehead atoms. The highest BCUT2D eigenvalue weighted by molar-refractivity contribution is 6.00. The number of aromatic carboxylic acids is 2. The van der Waals surface area contributed by atoms with Gasteiger partial charge in [0.1, 0.15) is 24.3 Å². The molecule has 0 aliphatic carbocycles. The maximum absolute atomic E-state index is 13.3. The zero-order valence-corrected chi connectivity index (χ0v) is 49.7. The number of aromatic nitrogens is 3. The van der Waals surface area contributed by atoms with Gasteiger partial charge in [-0.1, -0.05) is 152 Å². The van der Waals surface area contributed by atoms with Crippen molar-refractivity contribution in [3.63, 3.8) is 0 Å². The number of ketones is 1. The van der Waals surface area contributed by atoms with Crippen molar-refractivity contribution in [2.45, 2.75) is 78.3 Å². The molecular formula is C69H68N6O14. The number of Topliss-reactive ketones (excluding diaryl/α,β-unsaturated/α-hetero) is 1. The van der Waals surface area contributed by atoms with Crippen LogP contribution in [0.5, 0.6) is 17.2 Å². The largest absolute Gasteiger partial charge is 0.503 e. The Kier molecular flexibility index (Phi) is 20.0. The molecule has 20 heteroatoms. The molecule has 3 aliphatic rings. The SMILES string of the molecule is CCN1CC(Cc2ccccc2)n2cc(C(=O)O)c(=O)c(O)c2C1=O.CCN1CC(Cc2ccccc2)n2cc(C(=O)O)c(=O)c(OCc3ccccc3)c2C1=O.CCN1CC(Cc2ccccc2)n2cc(C(C)=O)c(=O)c(OCc3ccccc3)c2C1=O. The van der Waals surface area contributed by atoms with Crippen molar-refractivity contribution in [2.75, 3.05) is 39.3 Å². The van der Waals surface area contributed by atoms with E-state index in [0.29, 0.717) is 58.5 Å². The van der Waals surface area contributed by atoms with Crippen molar-refractivity contribution in [3.05, 3.63) is 263 Å². The molecule has 0 spiro atoms. The molecular weight excluding hydrogens is 1140 g/mol. The van der Waals surface area contributed by atoms with E-state index < -0.39 is 51.0 Å². The van der Waals surface area contributed by atoms with E-state index in [1.165, 1.54) is 23.9 Å². The lowest BCUT2D eigenvalue weighted by atomic mass is 10.0. The van der Waals surface area contributed by atoms with Gasteiger partial charge in [-0.2, -0.15) is 0 Å². The van der Waals surface area contributed by atoms with E-state index in [1.54, 1.807) is 23.8 Å². The third-order valence-corrected chi connectivity index (χ3v) is 15.9. The zero-order valence-electron chi connectivity index (χ0n) is 49.7. The van der Waals surface area contributed by atoms with E-state index in [4.69, 9.17) is 9.47 Å². The van der Waals surface area contributed by atoms with Crippen molar-refractivity contribution >= 4 is 35.4 Å². The van der Waals surface area contributed by atoms with Crippen LogP contribution in [-0.2, 0) is 32.5 Å². The number of carboxylic acids is 2. The van der Waals surface area contributed by atoms with Gasteiger partial charge in [0, 0.05) is 57.9 Å². The van der Waals surface area contributed by atoms with Gasteiger partial charge in [-0.3, -0.25) is 33.6 Å². The van der Waals surface area contributed by atoms with Crippen molar-refractivity contribution in [2.24, 2.45) is 0 Å². The first-order chi connectivity index (χ1) is 42.9. The van der Waals surface area contributed by atoms with Crippen molar-refractivity contribution in [1.29, 1.82) is 0 Å². The highest BCUT2D eigenvalue weighted by atomic mass is 16.5. The second kappa shape index (κ2) is 28.3. The van der Waals surface area contributed by atoms with Crippen LogP contribution in [-0.4, -0.2) is 118 Å². The lowest BCUT2D eigenvalue weighted by Crippen LogP contribution is -2.45. The first kappa shape index (κ1) is 62.9. The maximum atomic E-state index is 13.3. The number of rotatable bonds is 18. The molecule has 89 heavy (non-hydrogen) atoms. The molecule has 5 aromatic carbocycles. The Balaban J connectivity index is 0.000000160. The van der Waals surface area contributed by atoms with Crippen LogP contribution in [0.25, 0.3) is 0 Å². The van der Waals surface area contributed by atoms with Crippen molar-refractivity contribution < 1.29 is 53.6 Å². The second-order valence-corrected chi connectivity index (χ2v) is 21.7. The molecule has 3 unspecified atom stereocenters. The smallest absolute Gasteiger partial charge is 0.341 e. The maximum Gasteiger partial charge on any atom is 0.341 e. The molecule has 3 atom stereocenters. The minimum Gasteiger partial charge on any atom is -0.503 e. The van der Waals surface area contributed by atoms with Crippen LogP contribution in [0.15, 0.2) is 185 Å². The van der Waals surface area contributed by atoms with Gasteiger partial charge in [-0.25, -0.2) is 9.59 Å².